The van der Waals surface area contributed by atoms with E-state index in [1.54, 1.807) is 7.11 Å². The van der Waals surface area contributed by atoms with E-state index in [-0.39, 0.29) is 0 Å². The highest BCUT2D eigenvalue weighted by Crippen LogP contribution is 2.33. The Bertz CT molecular complexity index is 668. The first kappa shape index (κ1) is 14.4. The first-order valence-electron chi connectivity index (χ1n) is 7.39. The van der Waals surface area contributed by atoms with Crippen LogP contribution in [0.5, 0.6) is 11.5 Å². The Morgan fingerprint density at radius 2 is 1.91 bits per heavy atom. The number of hydrogen-bond donors (Lipinski definition) is 0. The number of rotatable bonds is 5. The smallest absolute Gasteiger partial charge is 0.172 e. The maximum Gasteiger partial charge on any atom is 0.172 e. The van der Waals surface area contributed by atoms with Crippen molar-refractivity contribution in [3.05, 3.63) is 59.7 Å². The Balaban J connectivity index is 1.91. The summed E-state index contributed by atoms with van der Waals surface area (Å²) in [6, 6.07) is 16.0. The monoisotopic (exact) mass is 296 g/mol. The quantitative estimate of drug-likeness (QED) is 0.850. The van der Waals surface area contributed by atoms with Gasteiger partial charge in [-0.3, -0.25) is 4.99 Å². The summed E-state index contributed by atoms with van der Waals surface area (Å²) in [4.78, 5) is 6.73. The second-order valence-electron chi connectivity index (χ2n) is 5.24. The molecule has 0 spiro atoms. The molecule has 4 heteroatoms. The molecule has 0 aromatic heterocycles. The topological polar surface area (TPSA) is 34.1 Å². The van der Waals surface area contributed by atoms with Crippen LogP contribution in [0.3, 0.4) is 0 Å². The third-order valence-corrected chi connectivity index (χ3v) is 3.72. The summed E-state index contributed by atoms with van der Waals surface area (Å²) < 4.78 is 11.5. The van der Waals surface area contributed by atoms with Gasteiger partial charge in [-0.2, -0.15) is 0 Å². The van der Waals surface area contributed by atoms with E-state index in [9.17, 15) is 0 Å². The number of para-hydroxylation sites is 1. The van der Waals surface area contributed by atoms with Gasteiger partial charge in [0.2, 0.25) is 0 Å². The van der Waals surface area contributed by atoms with Gasteiger partial charge in [-0.15, -0.1) is 0 Å². The predicted molar refractivity (Wildman–Crippen MR) is 87.8 cm³/mol. The Morgan fingerprint density at radius 3 is 2.59 bits per heavy atom. The number of hydrogen-bond acceptors (Lipinski definition) is 4. The molecule has 0 saturated heterocycles. The van der Waals surface area contributed by atoms with Crippen molar-refractivity contribution in [3.8, 4) is 11.5 Å². The highest BCUT2D eigenvalue weighted by Gasteiger charge is 2.21. The summed E-state index contributed by atoms with van der Waals surface area (Å²) in [5.74, 6) is 2.44. The molecular weight excluding hydrogens is 276 g/mol. The second kappa shape index (κ2) is 6.52. The first-order valence-corrected chi connectivity index (χ1v) is 7.39. The molecule has 0 radical (unpaired) electrons. The van der Waals surface area contributed by atoms with Gasteiger partial charge in [-0.1, -0.05) is 36.4 Å². The molecule has 2 aromatic carbocycles. The lowest BCUT2D eigenvalue weighted by atomic mass is 10.1. The van der Waals surface area contributed by atoms with E-state index in [1.165, 1.54) is 0 Å². The minimum atomic E-state index is 0.505. The van der Waals surface area contributed by atoms with Gasteiger partial charge in [-0.05, 0) is 17.7 Å². The van der Waals surface area contributed by atoms with Crippen molar-refractivity contribution in [2.45, 2.75) is 6.61 Å². The molecule has 2 aromatic rings. The van der Waals surface area contributed by atoms with Crippen molar-refractivity contribution >= 4 is 5.84 Å². The van der Waals surface area contributed by atoms with E-state index in [2.05, 4.69) is 9.89 Å². The third kappa shape index (κ3) is 2.91. The number of likely N-dealkylation sites (N-methyl/N-ethyl adjacent to an activating group) is 1. The van der Waals surface area contributed by atoms with Crippen LogP contribution >= 0.6 is 0 Å². The molecule has 0 saturated carbocycles. The number of aliphatic imine (C=N–C) groups is 1. The van der Waals surface area contributed by atoms with Crippen LogP contribution in [0, 0.1) is 0 Å². The lowest BCUT2D eigenvalue weighted by Gasteiger charge is -2.19. The molecule has 0 fully saturated rings. The van der Waals surface area contributed by atoms with Crippen molar-refractivity contribution in [1.29, 1.82) is 0 Å². The standard InChI is InChI=1S/C18H20N2O2/c1-20-12-11-19-18(20)15-9-6-10-16(21-2)17(15)22-13-14-7-4-3-5-8-14/h3-10H,11-13H2,1-2H3. The minimum Gasteiger partial charge on any atom is -0.493 e. The predicted octanol–water partition coefficient (Wildman–Crippen LogP) is 2.97. The normalized spacial score (nSPS) is 13.9. The largest absolute Gasteiger partial charge is 0.493 e. The molecule has 0 atom stereocenters. The zero-order valence-electron chi connectivity index (χ0n) is 13.0. The molecule has 0 bridgehead atoms. The summed E-state index contributed by atoms with van der Waals surface area (Å²) in [5, 5.41) is 0. The zero-order chi connectivity index (χ0) is 15.4. The van der Waals surface area contributed by atoms with Crippen LogP contribution in [-0.2, 0) is 6.61 Å². The van der Waals surface area contributed by atoms with Crippen molar-refractivity contribution in [3.63, 3.8) is 0 Å². The molecular formula is C18H20N2O2. The van der Waals surface area contributed by atoms with Gasteiger partial charge < -0.3 is 14.4 Å². The van der Waals surface area contributed by atoms with E-state index in [1.807, 2.05) is 55.6 Å². The summed E-state index contributed by atoms with van der Waals surface area (Å²) in [7, 11) is 3.71. The molecule has 1 aliphatic heterocycles. The molecule has 114 valence electrons. The molecule has 3 rings (SSSR count). The number of methoxy groups -OCH3 is 1. The molecule has 1 heterocycles. The van der Waals surface area contributed by atoms with E-state index in [0.717, 1.165) is 41.6 Å². The van der Waals surface area contributed by atoms with E-state index >= 15 is 0 Å². The van der Waals surface area contributed by atoms with E-state index in [4.69, 9.17) is 9.47 Å². The third-order valence-electron chi connectivity index (χ3n) is 3.72. The Labute approximate surface area is 131 Å². The van der Waals surface area contributed by atoms with Gasteiger partial charge >= 0.3 is 0 Å². The molecule has 4 nitrogen and oxygen atoms in total. The second-order valence-corrected chi connectivity index (χ2v) is 5.24. The van der Waals surface area contributed by atoms with Crippen molar-refractivity contribution in [1.82, 2.24) is 4.90 Å². The Hall–Kier alpha value is -2.49. The van der Waals surface area contributed by atoms with Gasteiger partial charge in [-0.25, -0.2) is 0 Å². The van der Waals surface area contributed by atoms with Crippen LogP contribution in [0.4, 0.5) is 0 Å². The molecule has 0 N–H and O–H groups in total. The van der Waals surface area contributed by atoms with Crippen molar-refractivity contribution < 1.29 is 9.47 Å². The van der Waals surface area contributed by atoms with Crippen molar-refractivity contribution in [2.24, 2.45) is 4.99 Å². The summed E-state index contributed by atoms with van der Waals surface area (Å²) in [6.45, 7) is 2.26. The van der Waals surface area contributed by atoms with Crippen LogP contribution < -0.4 is 9.47 Å². The van der Waals surface area contributed by atoms with Gasteiger partial charge in [0.05, 0.1) is 19.2 Å². The molecule has 1 aliphatic rings. The minimum absolute atomic E-state index is 0.505. The van der Waals surface area contributed by atoms with Crippen LogP contribution in [0.15, 0.2) is 53.5 Å². The highest BCUT2D eigenvalue weighted by molar-refractivity contribution is 6.02. The molecule has 0 aliphatic carbocycles. The van der Waals surface area contributed by atoms with Gasteiger partial charge in [0.25, 0.3) is 0 Å². The number of ether oxygens (including phenoxy) is 2. The fourth-order valence-corrected chi connectivity index (χ4v) is 2.55. The zero-order valence-corrected chi connectivity index (χ0v) is 13.0. The summed E-state index contributed by atoms with van der Waals surface area (Å²) in [6.07, 6.45) is 0. The van der Waals surface area contributed by atoms with Crippen LogP contribution in [0.2, 0.25) is 0 Å². The number of nitrogens with zero attached hydrogens (tertiary/aromatic N) is 2. The lowest BCUT2D eigenvalue weighted by molar-refractivity contribution is 0.283. The fourth-order valence-electron chi connectivity index (χ4n) is 2.55. The van der Waals surface area contributed by atoms with Gasteiger partial charge in [0.1, 0.15) is 12.4 Å². The number of benzene rings is 2. The first-order chi connectivity index (χ1) is 10.8. The average molecular weight is 296 g/mol. The van der Waals surface area contributed by atoms with E-state index < -0.39 is 0 Å². The maximum atomic E-state index is 6.07. The van der Waals surface area contributed by atoms with Crippen LogP contribution in [0.1, 0.15) is 11.1 Å². The van der Waals surface area contributed by atoms with Gasteiger partial charge in [0, 0.05) is 13.6 Å². The van der Waals surface area contributed by atoms with Crippen molar-refractivity contribution in [2.75, 3.05) is 27.2 Å². The van der Waals surface area contributed by atoms with Gasteiger partial charge in [0.15, 0.2) is 11.5 Å². The molecule has 22 heavy (non-hydrogen) atoms. The highest BCUT2D eigenvalue weighted by atomic mass is 16.5. The summed E-state index contributed by atoms with van der Waals surface area (Å²) in [5.41, 5.74) is 2.11. The van der Waals surface area contributed by atoms with Crippen LogP contribution in [0.25, 0.3) is 0 Å². The molecule has 0 amide bonds. The SMILES string of the molecule is COc1cccc(C2=NCCN2C)c1OCc1ccccc1. The lowest BCUT2D eigenvalue weighted by Crippen LogP contribution is -2.24. The van der Waals surface area contributed by atoms with E-state index in [0.29, 0.717) is 6.61 Å². The summed E-state index contributed by atoms with van der Waals surface area (Å²) >= 11 is 0. The Morgan fingerprint density at radius 1 is 1.09 bits per heavy atom. The maximum absolute atomic E-state index is 6.07. The molecule has 0 unspecified atom stereocenters. The van der Waals surface area contributed by atoms with Crippen LogP contribution in [-0.4, -0.2) is 38.0 Å². The fraction of sp³-hybridized carbons (Fsp3) is 0.278. The number of amidine groups is 1. The Kier molecular flexibility index (Phi) is 4.28. The average Bonchev–Trinajstić information content (AvgIpc) is 2.99.